The molecule has 0 saturated carbocycles. The molecule has 1 aliphatic heterocycles. The zero-order valence-corrected chi connectivity index (χ0v) is 11.3. The minimum atomic E-state index is -0.382. The lowest BCUT2D eigenvalue weighted by Gasteiger charge is -2.34. The number of carbonyl (C=O) groups excluding carboxylic acids is 1. The van der Waals surface area contributed by atoms with Gasteiger partial charge in [0.2, 0.25) is 0 Å². The Hall–Kier alpha value is -1.07. The zero-order chi connectivity index (χ0) is 12.4. The number of amides is 1. The van der Waals surface area contributed by atoms with Crippen LogP contribution in [0.5, 0.6) is 0 Å². The van der Waals surface area contributed by atoms with E-state index in [-0.39, 0.29) is 5.91 Å². The fourth-order valence-electron chi connectivity index (χ4n) is 2.13. The van der Waals surface area contributed by atoms with Crippen LogP contribution in [0.4, 0.5) is 5.69 Å². The third-order valence-corrected chi connectivity index (χ3v) is 3.43. The van der Waals surface area contributed by atoms with Gasteiger partial charge in [-0.3, -0.25) is 4.79 Å². The van der Waals surface area contributed by atoms with E-state index in [9.17, 15) is 4.79 Å². The number of nitrogens with one attached hydrogen (secondary N) is 1. The number of hydrogen-bond acceptors (Lipinski definition) is 3. The summed E-state index contributed by atoms with van der Waals surface area (Å²) in [4.78, 5) is 13.7. The number of nitrogens with zero attached hydrogens (tertiary/aromatic N) is 1. The molecule has 1 fully saturated rings. The zero-order valence-electron chi connectivity index (χ0n) is 9.74. The van der Waals surface area contributed by atoms with Crippen molar-refractivity contribution in [1.82, 2.24) is 5.32 Å². The monoisotopic (exact) mass is 297 g/mol. The maximum Gasteiger partial charge on any atom is 0.250 e. The molecule has 0 spiro atoms. The molecule has 1 aromatic rings. The number of anilines is 1. The number of carbonyl (C=O) groups is 1. The summed E-state index contributed by atoms with van der Waals surface area (Å²) in [5.41, 5.74) is 6.93. The molecule has 17 heavy (non-hydrogen) atoms. The van der Waals surface area contributed by atoms with Gasteiger partial charge in [0, 0.05) is 35.8 Å². The van der Waals surface area contributed by atoms with Gasteiger partial charge in [-0.2, -0.15) is 0 Å². The summed E-state index contributed by atoms with van der Waals surface area (Å²) in [7, 11) is 0. The van der Waals surface area contributed by atoms with Gasteiger partial charge in [-0.1, -0.05) is 15.9 Å². The molecule has 0 bridgehead atoms. The Morgan fingerprint density at radius 1 is 1.59 bits per heavy atom. The number of rotatable bonds is 2. The smallest absolute Gasteiger partial charge is 0.250 e. The summed E-state index contributed by atoms with van der Waals surface area (Å²) in [5.74, 6) is -0.382. The predicted molar refractivity (Wildman–Crippen MR) is 72.3 cm³/mol. The van der Waals surface area contributed by atoms with Crippen LogP contribution in [-0.4, -0.2) is 31.6 Å². The van der Waals surface area contributed by atoms with Gasteiger partial charge in [0.15, 0.2) is 0 Å². The third-order valence-electron chi connectivity index (χ3n) is 2.93. The fraction of sp³-hybridized carbons (Fsp3) is 0.417. The van der Waals surface area contributed by atoms with Crippen molar-refractivity contribution in [2.45, 2.75) is 13.0 Å². The SMILES string of the molecule is CC1CN(c2ccc(Br)cc2C(N)=O)CCN1. The van der Waals surface area contributed by atoms with E-state index in [4.69, 9.17) is 5.73 Å². The lowest BCUT2D eigenvalue weighted by Crippen LogP contribution is -2.49. The number of benzene rings is 1. The number of nitrogens with two attached hydrogens (primary N) is 1. The Labute approximate surface area is 109 Å². The number of halogens is 1. The van der Waals surface area contributed by atoms with Gasteiger partial charge in [0.05, 0.1) is 5.56 Å². The normalized spacial score (nSPS) is 20.4. The topological polar surface area (TPSA) is 58.4 Å². The van der Waals surface area contributed by atoms with Crippen LogP contribution in [0.1, 0.15) is 17.3 Å². The predicted octanol–water partition coefficient (Wildman–Crippen LogP) is 1.35. The lowest BCUT2D eigenvalue weighted by atomic mass is 10.1. The summed E-state index contributed by atoms with van der Waals surface area (Å²) in [6.45, 7) is 4.85. The molecule has 1 aromatic carbocycles. The first kappa shape index (κ1) is 12.4. The maximum absolute atomic E-state index is 11.5. The highest BCUT2D eigenvalue weighted by atomic mass is 79.9. The molecule has 5 heteroatoms. The van der Waals surface area contributed by atoms with E-state index in [1.807, 2.05) is 12.1 Å². The van der Waals surface area contributed by atoms with Gasteiger partial charge < -0.3 is 16.0 Å². The van der Waals surface area contributed by atoms with Gasteiger partial charge in [-0.25, -0.2) is 0 Å². The largest absolute Gasteiger partial charge is 0.368 e. The van der Waals surface area contributed by atoms with E-state index in [2.05, 4.69) is 33.1 Å². The van der Waals surface area contributed by atoms with E-state index >= 15 is 0 Å². The van der Waals surface area contributed by atoms with Gasteiger partial charge in [0.1, 0.15) is 0 Å². The van der Waals surface area contributed by atoms with Crippen LogP contribution < -0.4 is 16.0 Å². The molecule has 1 amide bonds. The molecule has 1 saturated heterocycles. The molecule has 1 heterocycles. The van der Waals surface area contributed by atoms with Crippen molar-refractivity contribution in [2.75, 3.05) is 24.5 Å². The Bertz CT molecular complexity index is 436. The highest BCUT2D eigenvalue weighted by Crippen LogP contribution is 2.25. The lowest BCUT2D eigenvalue weighted by molar-refractivity contribution is 0.100. The fourth-order valence-corrected chi connectivity index (χ4v) is 2.49. The molecule has 1 atom stereocenters. The minimum Gasteiger partial charge on any atom is -0.368 e. The quantitative estimate of drug-likeness (QED) is 0.866. The first-order valence-electron chi connectivity index (χ1n) is 5.65. The second-order valence-corrected chi connectivity index (χ2v) is 5.24. The Morgan fingerprint density at radius 3 is 3.00 bits per heavy atom. The molecule has 0 aliphatic carbocycles. The van der Waals surface area contributed by atoms with E-state index in [0.29, 0.717) is 11.6 Å². The van der Waals surface area contributed by atoms with Gasteiger partial charge >= 0.3 is 0 Å². The molecule has 0 radical (unpaired) electrons. The molecule has 92 valence electrons. The molecular weight excluding hydrogens is 282 g/mol. The number of hydrogen-bond donors (Lipinski definition) is 2. The van der Waals surface area contributed by atoms with Crippen LogP contribution in [0.25, 0.3) is 0 Å². The van der Waals surface area contributed by atoms with Crippen molar-refractivity contribution in [3.05, 3.63) is 28.2 Å². The van der Waals surface area contributed by atoms with Crippen molar-refractivity contribution >= 4 is 27.5 Å². The molecule has 1 aliphatic rings. The Balaban J connectivity index is 2.33. The standard InChI is InChI=1S/C12H16BrN3O/c1-8-7-16(5-4-15-8)11-3-2-9(13)6-10(11)12(14)17/h2-3,6,8,15H,4-5,7H2,1H3,(H2,14,17). The van der Waals surface area contributed by atoms with Crippen LogP contribution in [0.2, 0.25) is 0 Å². The van der Waals surface area contributed by atoms with Gasteiger partial charge in [0.25, 0.3) is 5.91 Å². The van der Waals surface area contributed by atoms with Crippen molar-refractivity contribution < 1.29 is 4.79 Å². The van der Waals surface area contributed by atoms with Crippen LogP contribution >= 0.6 is 15.9 Å². The highest BCUT2D eigenvalue weighted by Gasteiger charge is 2.20. The van der Waals surface area contributed by atoms with Crippen molar-refractivity contribution in [2.24, 2.45) is 5.73 Å². The first-order valence-corrected chi connectivity index (χ1v) is 6.45. The van der Waals surface area contributed by atoms with E-state index in [1.54, 1.807) is 6.07 Å². The van der Waals surface area contributed by atoms with Crippen LogP contribution in [-0.2, 0) is 0 Å². The number of piperazine rings is 1. The van der Waals surface area contributed by atoms with E-state index in [0.717, 1.165) is 29.8 Å². The maximum atomic E-state index is 11.5. The second-order valence-electron chi connectivity index (χ2n) is 4.33. The minimum absolute atomic E-state index is 0.382. The first-order chi connectivity index (χ1) is 8.08. The summed E-state index contributed by atoms with van der Waals surface area (Å²) < 4.78 is 0.873. The summed E-state index contributed by atoms with van der Waals surface area (Å²) in [6.07, 6.45) is 0. The summed E-state index contributed by atoms with van der Waals surface area (Å²) in [5, 5.41) is 3.37. The average Bonchev–Trinajstić information content (AvgIpc) is 2.28. The molecule has 0 aromatic heterocycles. The summed E-state index contributed by atoms with van der Waals surface area (Å²) >= 11 is 3.36. The van der Waals surface area contributed by atoms with Crippen LogP contribution in [0, 0.1) is 0 Å². The molecule has 2 rings (SSSR count). The van der Waals surface area contributed by atoms with Crippen molar-refractivity contribution in [3.63, 3.8) is 0 Å². The Kier molecular flexibility index (Phi) is 3.69. The molecular formula is C12H16BrN3O. The van der Waals surface area contributed by atoms with Gasteiger partial charge in [-0.05, 0) is 25.1 Å². The van der Waals surface area contributed by atoms with Crippen molar-refractivity contribution in [3.8, 4) is 0 Å². The third kappa shape index (κ3) is 2.79. The van der Waals surface area contributed by atoms with Crippen LogP contribution in [0.3, 0.4) is 0 Å². The average molecular weight is 298 g/mol. The van der Waals surface area contributed by atoms with E-state index in [1.165, 1.54) is 0 Å². The highest BCUT2D eigenvalue weighted by molar-refractivity contribution is 9.10. The molecule has 4 nitrogen and oxygen atoms in total. The summed E-state index contributed by atoms with van der Waals surface area (Å²) in [6, 6.07) is 6.09. The second kappa shape index (κ2) is 5.06. The molecule has 1 unspecified atom stereocenters. The van der Waals surface area contributed by atoms with Crippen LogP contribution in [0.15, 0.2) is 22.7 Å². The van der Waals surface area contributed by atoms with E-state index < -0.39 is 0 Å². The van der Waals surface area contributed by atoms with Crippen molar-refractivity contribution in [1.29, 1.82) is 0 Å². The molecule has 3 N–H and O–H groups in total. The number of primary amides is 1. The Morgan fingerprint density at radius 2 is 2.35 bits per heavy atom. The van der Waals surface area contributed by atoms with Gasteiger partial charge in [-0.15, -0.1) is 0 Å².